The molecule has 0 bridgehead atoms. The molecule has 1 aliphatic rings. The molecule has 2 rings (SSSR count). The number of alkyl halides is 1. The van der Waals surface area contributed by atoms with Gasteiger partial charge in [0.1, 0.15) is 5.69 Å². The molecule has 4 nitrogen and oxygen atoms in total. The molecule has 0 spiro atoms. The van der Waals surface area contributed by atoms with Crippen LogP contribution >= 0.6 is 11.6 Å². The first-order chi connectivity index (χ1) is 6.86. The van der Waals surface area contributed by atoms with E-state index in [-0.39, 0.29) is 0 Å². The van der Waals surface area contributed by atoms with Crippen molar-refractivity contribution in [1.82, 2.24) is 15.0 Å². The molecule has 0 saturated heterocycles. The lowest BCUT2D eigenvalue weighted by atomic mass is 10.2. The van der Waals surface area contributed by atoms with Crippen LogP contribution in [0.15, 0.2) is 0 Å². The van der Waals surface area contributed by atoms with Crippen LogP contribution in [0.1, 0.15) is 30.3 Å². The van der Waals surface area contributed by atoms with Crippen LogP contribution in [-0.4, -0.2) is 28.7 Å². The summed E-state index contributed by atoms with van der Waals surface area (Å²) in [4.78, 5) is 0. The topological polar surface area (TPSA) is 39.9 Å². The van der Waals surface area contributed by atoms with Gasteiger partial charge in [0.2, 0.25) is 0 Å². The van der Waals surface area contributed by atoms with E-state index in [4.69, 9.17) is 16.3 Å². The molecule has 1 aromatic heterocycles. The van der Waals surface area contributed by atoms with Crippen molar-refractivity contribution in [1.29, 1.82) is 0 Å². The highest BCUT2D eigenvalue weighted by atomic mass is 35.5. The average Bonchev–Trinajstić information content (AvgIpc) is 2.96. The average molecular weight is 216 g/mol. The molecule has 1 fully saturated rings. The van der Waals surface area contributed by atoms with E-state index in [2.05, 4.69) is 10.3 Å². The molecule has 1 aliphatic carbocycles. The largest absolute Gasteiger partial charge is 0.384 e. The Kier molecular flexibility index (Phi) is 3.03. The molecule has 0 radical (unpaired) electrons. The molecule has 0 aliphatic heterocycles. The maximum atomic E-state index is 5.79. The Balaban J connectivity index is 2.17. The highest BCUT2D eigenvalue weighted by molar-refractivity contribution is 6.16. The summed E-state index contributed by atoms with van der Waals surface area (Å²) < 4.78 is 7.07. The lowest BCUT2D eigenvalue weighted by Crippen LogP contribution is -2.07. The third-order valence-electron chi connectivity index (χ3n) is 2.43. The molecule has 1 heterocycles. The Morgan fingerprint density at radius 3 is 2.93 bits per heavy atom. The standard InChI is InChI=1S/C9H14ClN3O/c1-14-5-4-9-8(6-10)11-12-13(9)7-2-3-7/h7H,2-6H2,1H3. The molecular formula is C9H14ClN3O. The number of hydrogen-bond donors (Lipinski definition) is 0. The van der Waals surface area contributed by atoms with E-state index in [0.29, 0.717) is 18.5 Å². The van der Waals surface area contributed by atoms with E-state index in [1.807, 2.05) is 4.68 Å². The second kappa shape index (κ2) is 4.28. The zero-order chi connectivity index (χ0) is 9.97. The molecule has 0 N–H and O–H groups in total. The number of nitrogens with zero attached hydrogens (tertiary/aromatic N) is 3. The fourth-order valence-electron chi connectivity index (χ4n) is 1.52. The van der Waals surface area contributed by atoms with Gasteiger partial charge in [-0.2, -0.15) is 0 Å². The Hall–Kier alpha value is -0.610. The van der Waals surface area contributed by atoms with Crippen LogP contribution in [-0.2, 0) is 17.0 Å². The van der Waals surface area contributed by atoms with Crippen molar-refractivity contribution in [2.75, 3.05) is 13.7 Å². The fourth-order valence-corrected chi connectivity index (χ4v) is 1.73. The zero-order valence-electron chi connectivity index (χ0n) is 8.24. The normalized spacial score (nSPS) is 16.1. The van der Waals surface area contributed by atoms with Gasteiger partial charge in [0, 0.05) is 13.5 Å². The summed E-state index contributed by atoms with van der Waals surface area (Å²) in [6.45, 7) is 0.698. The third-order valence-corrected chi connectivity index (χ3v) is 2.69. The second-order valence-corrected chi connectivity index (χ2v) is 3.80. The van der Waals surface area contributed by atoms with Crippen molar-refractivity contribution in [2.45, 2.75) is 31.2 Å². The number of rotatable bonds is 5. The Morgan fingerprint density at radius 1 is 1.57 bits per heavy atom. The number of hydrogen-bond acceptors (Lipinski definition) is 3. The van der Waals surface area contributed by atoms with Crippen LogP contribution in [0.25, 0.3) is 0 Å². The first-order valence-corrected chi connectivity index (χ1v) is 5.38. The summed E-state index contributed by atoms with van der Waals surface area (Å²) in [6.07, 6.45) is 3.28. The van der Waals surface area contributed by atoms with E-state index in [1.54, 1.807) is 7.11 Å². The van der Waals surface area contributed by atoms with Gasteiger partial charge in [0.05, 0.1) is 24.2 Å². The smallest absolute Gasteiger partial charge is 0.101 e. The molecule has 0 atom stereocenters. The minimum absolute atomic E-state index is 0.436. The van der Waals surface area contributed by atoms with E-state index >= 15 is 0 Å². The van der Waals surface area contributed by atoms with Crippen LogP contribution in [0.3, 0.4) is 0 Å². The lowest BCUT2D eigenvalue weighted by molar-refractivity contribution is 0.200. The molecule has 78 valence electrons. The highest BCUT2D eigenvalue weighted by Gasteiger charge is 2.28. The zero-order valence-corrected chi connectivity index (χ0v) is 9.00. The minimum atomic E-state index is 0.436. The van der Waals surface area contributed by atoms with Gasteiger partial charge in [0.15, 0.2) is 0 Å². The number of aromatic nitrogens is 3. The minimum Gasteiger partial charge on any atom is -0.384 e. The first-order valence-electron chi connectivity index (χ1n) is 4.84. The number of methoxy groups -OCH3 is 1. The van der Waals surface area contributed by atoms with Crippen LogP contribution in [0.2, 0.25) is 0 Å². The van der Waals surface area contributed by atoms with Gasteiger partial charge in [-0.3, -0.25) is 0 Å². The van der Waals surface area contributed by atoms with Gasteiger partial charge in [-0.25, -0.2) is 4.68 Å². The van der Waals surface area contributed by atoms with Crippen LogP contribution in [0.4, 0.5) is 0 Å². The molecule has 0 amide bonds. The van der Waals surface area contributed by atoms with Gasteiger partial charge in [-0.1, -0.05) is 5.21 Å². The summed E-state index contributed by atoms with van der Waals surface area (Å²) in [5.74, 6) is 0.436. The van der Waals surface area contributed by atoms with Gasteiger partial charge in [-0.05, 0) is 12.8 Å². The van der Waals surface area contributed by atoms with Crippen molar-refractivity contribution in [2.24, 2.45) is 0 Å². The number of ether oxygens (including phenoxy) is 1. The molecule has 14 heavy (non-hydrogen) atoms. The van der Waals surface area contributed by atoms with Crippen molar-refractivity contribution in [3.8, 4) is 0 Å². The summed E-state index contributed by atoms with van der Waals surface area (Å²) in [5, 5.41) is 8.20. The summed E-state index contributed by atoms with van der Waals surface area (Å²) in [6, 6.07) is 0.561. The van der Waals surface area contributed by atoms with Crippen molar-refractivity contribution in [3.63, 3.8) is 0 Å². The van der Waals surface area contributed by atoms with E-state index < -0.39 is 0 Å². The van der Waals surface area contributed by atoms with Gasteiger partial charge in [-0.15, -0.1) is 16.7 Å². The van der Waals surface area contributed by atoms with Crippen LogP contribution < -0.4 is 0 Å². The highest BCUT2D eigenvalue weighted by Crippen LogP contribution is 2.35. The summed E-state index contributed by atoms with van der Waals surface area (Å²) in [5.41, 5.74) is 2.04. The quantitative estimate of drug-likeness (QED) is 0.700. The molecular weight excluding hydrogens is 202 g/mol. The molecule has 5 heteroatoms. The van der Waals surface area contributed by atoms with E-state index in [0.717, 1.165) is 17.8 Å². The predicted molar refractivity (Wildman–Crippen MR) is 53.4 cm³/mol. The Bertz CT molecular complexity index is 309. The van der Waals surface area contributed by atoms with Crippen LogP contribution in [0.5, 0.6) is 0 Å². The van der Waals surface area contributed by atoms with Gasteiger partial charge >= 0.3 is 0 Å². The fraction of sp³-hybridized carbons (Fsp3) is 0.778. The lowest BCUT2D eigenvalue weighted by Gasteiger charge is -2.04. The molecule has 1 saturated carbocycles. The van der Waals surface area contributed by atoms with Crippen LogP contribution in [0, 0.1) is 0 Å². The molecule has 1 aromatic rings. The Labute approximate surface area is 88.2 Å². The Morgan fingerprint density at radius 2 is 2.36 bits per heavy atom. The predicted octanol–water partition coefficient (Wildman–Crippen LogP) is 1.54. The van der Waals surface area contributed by atoms with Crippen molar-refractivity contribution >= 4 is 11.6 Å². The van der Waals surface area contributed by atoms with E-state index in [9.17, 15) is 0 Å². The monoisotopic (exact) mass is 215 g/mol. The maximum Gasteiger partial charge on any atom is 0.101 e. The second-order valence-electron chi connectivity index (χ2n) is 3.54. The van der Waals surface area contributed by atoms with E-state index in [1.165, 1.54) is 12.8 Å². The van der Waals surface area contributed by atoms with Crippen molar-refractivity contribution in [3.05, 3.63) is 11.4 Å². The SMILES string of the molecule is COCCc1c(CCl)nnn1C1CC1. The maximum absolute atomic E-state index is 5.79. The molecule has 0 aromatic carbocycles. The van der Waals surface area contributed by atoms with Crippen molar-refractivity contribution < 1.29 is 4.74 Å². The van der Waals surface area contributed by atoms with Gasteiger partial charge in [0.25, 0.3) is 0 Å². The third kappa shape index (κ3) is 1.91. The van der Waals surface area contributed by atoms with Gasteiger partial charge < -0.3 is 4.74 Å². The summed E-state index contributed by atoms with van der Waals surface area (Å²) >= 11 is 5.79. The molecule has 0 unspecified atom stereocenters. The first kappa shape index (κ1) is 9.93. The number of halogens is 1. The summed E-state index contributed by atoms with van der Waals surface area (Å²) in [7, 11) is 1.70.